The Balaban J connectivity index is 2.19. The summed E-state index contributed by atoms with van der Waals surface area (Å²) in [5.74, 6) is 0.214. The fourth-order valence-electron chi connectivity index (χ4n) is 2.35. The zero-order valence-electron chi connectivity index (χ0n) is 16.2. The van der Waals surface area contributed by atoms with E-state index in [0.29, 0.717) is 17.1 Å². The Morgan fingerprint density at radius 1 is 1.04 bits per heavy atom. The summed E-state index contributed by atoms with van der Waals surface area (Å²) >= 11 is 0. The lowest BCUT2D eigenvalue weighted by Crippen LogP contribution is -2.24. The average Bonchev–Trinajstić information content (AvgIpc) is 2.60. The van der Waals surface area contributed by atoms with Crippen molar-refractivity contribution in [3.05, 3.63) is 48.0 Å². The van der Waals surface area contributed by atoms with Gasteiger partial charge in [0.15, 0.2) is 6.61 Å². The van der Waals surface area contributed by atoms with Crippen molar-refractivity contribution in [2.24, 2.45) is 0 Å². The molecule has 0 radical (unpaired) electrons. The van der Waals surface area contributed by atoms with E-state index in [4.69, 9.17) is 4.74 Å². The van der Waals surface area contributed by atoms with Crippen molar-refractivity contribution in [3.8, 4) is 5.75 Å². The first kappa shape index (κ1) is 20.7. The third-order valence-corrected chi connectivity index (χ3v) is 5.70. The van der Waals surface area contributed by atoms with E-state index in [2.05, 4.69) is 5.32 Å². The van der Waals surface area contributed by atoms with Crippen molar-refractivity contribution < 1.29 is 17.9 Å². The van der Waals surface area contributed by atoms with Crippen LogP contribution in [-0.4, -0.2) is 53.4 Å². The van der Waals surface area contributed by atoms with Gasteiger partial charge in [-0.1, -0.05) is 17.7 Å². The number of carbonyl (C=O) groups is 1. The highest BCUT2D eigenvalue weighted by Gasteiger charge is 2.20. The number of ether oxygens (including phenoxy) is 1. The van der Waals surface area contributed by atoms with Crippen LogP contribution in [-0.2, 0) is 14.8 Å². The van der Waals surface area contributed by atoms with Gasteiger partial charge in [0.1, 0.15) is 5.75 Å². The quantitative estimate of drug-likeness (QED) is 0.784. The molecule has 0 fully saturated rings. The number of aryl methyl sites for hydroxylation is 1. The number of hydrogen-bond acceptors (Lipinski definition) is 5. The summed E-state index contributed by atoms with van der Waals surface area (Å²) in [5, 5.41) is 2.74. The fourth-order valence-corrected chi connectivity index (χ4v) is 3.27. The van der Waals surface area contributed by atoms with Crippen molar-refractivity contribution >= 4 is 27.3 Å². The van der Waals surface area contributed by atoms with E-state index in [1.165, 1.54) is 26.2 Å². The summed E-state index contributed by atoms with van der Waals surface area (Å²) in [6.07, 6.45) is 0. The molecule has 2 rings (SSSR count). The van der Waals surface area contributed by atoms with Gasteiger partial charge in [-0.2, -0.15) is 0 Å². The number of sulfonamides is 1. The highest BCUT2D eigenvalue weighted by Crippen LogP contribution is 2.28. The second-order valence-corrected chi connectivity index (χ2v) is 8.66. The Morgan fingerprint density at radius 2 is 1.67 bits per heavy atom. The maximum atomic E-state index is 12.4. The molecule has 1 amide bonds. The Labute approximate surface area is 160 Å². The van der Waals surface area contributed by atoms with Crippen LogP contribution in [0.15, 0.2) is 47.4 Å². The summed E-state index contributed by atoms with van der Waals surface area (Å²) in [4.78, 5) is 14.2. The topological polar surface area (TPSA) is 78.9 Å². The van der Waals surface area contributed by atoms with Crippen molar-refractivity contribution in [3.63, 3.8) is 0 Å². The molecule has 0 atom stereocenters. The van der Waals surface area contributed by atoms with Gasteiger partial charge in [-0.3, -0.25) is 4.79 Å². The van der Waals surface area contributed by atoms with Gasteiger partial charge in [-0.25, -0.2) is 12.7 Å². The van der Waals surface area contributed by atoms with Crippen LogP contribution < -0.4 is 15.0 Å². The van der Waals surface area contributed by atoms with Crippen molar-refractivity contribution in [2.45, 2.75) is 11.8 Å². The molecule has 0 aromatic heterocycles. The summed E-state index contributed by atoms with van der Waals surface area (Å²) in [6.45, 7) is 1.79. The molecule has 0 bridgehead atoms. The fraction of sp³-hybridized carbons (Fsp3) is 0.316. The van der Waals surface area contributed by atoms with Crippen LogP contribution in [0.5, 0.6) is 5.75 Å². The number of carbonyl (C=O) groups excluding carboxylic acids is 1. The Kier molecular flexibility index (Phi) is 6.45. The van der Waals surface area contributed by atoms with Gasteiger partial charge >= 0.3 is 0 Å². The number of benzene rings is 2. The minimum absolute atomic E-state index is 0.104. The Bertz CT molecular complexity index is 907. The molecule has 0 saturated heterocycles. The first-order valence-electron chi connectivity index (χ1n) is 8.34. The normalized spacial score (nSPS) is 11.3. The number of anilines is 2. The highest BCUT2D eigenvalue weighted by molar-refractivity contribution is 7.89. The Morgan fingerprint density at radius 3 is 2.22 bits per heavy atom. The monoisotopic (exact) mass is 391 g/mol. The summed E-state index contributed by atoms with van der Waals surface area (Å²) < 4.78 is 31.3. The van der Waals surface area contributed by atoms with Crippen LogP contribution in [0, 0.1) is 6.92 Å². The van der Waals surface area contributed by atoms with E-state index < -0.39 is 10.0 Å². The predicted molar refractivity (Wildman–Crippen MR) is 107 cm³/mol. The molecule has 146 valence electrons. The number of hydrogen-bond donors (Lipinski definition) is 1. The van der Waals surface area contributed by atoms with Gasteiger partial charge < -0.3 is 15.0 Å². The van der Waals surface area contributed by atoms with Crippen LogP contribution >= 0.6 is 0 Å². The second kappa shape index (κ2) is 8.41. The molecule has 1 N–H and O–H groups in total. The standard InChI is InChI=1S/C19H25N3O4S/c1-14-6-8-15(9-7-14)26-13-19(23)20-17-12-16(27(24,25)22(4)5)10-11-18(17)21(2)3/h6-12H,13H2,1-5H3,(H,20,23). The minimum Gasteiger partial charge on any atom is -0.484 e. The lowest BCUT2D eigenvalue weighted by molar-refractivity contribution is -0.118. The molecule has 0 saturated carbocycles. The van der Waals surface area contributed by atoms with Crippen LogP contribution in [0.1, 0.15) is 5.56 Å². The van der Waals surface area contributed by atoms with Crippen molar-refractivity contribution in [1.82, 2.24) is 4.31 Å². The van der Waals surface area contributed by atoms with Gasteiger partial charge in [0.2, 0.25) is 10.0 Å². The zero-order valence-corrected chi connectivity index (χ0v) is 17.0. The van der Waals surface area contributed by atoms with Crippen LogP contribution in [0.3, 0.4) is 0 Å². The molecule has 27 heavy (non-hydrogen) atoms. The maximum Gasteiger partial charge on any atom is 0.262 e. The van der Waals surface area contributed by atoms with E-state index in [-0.39, 0.29) is 17.4 Å². The summed E-state index contributed by atoms with van der Waals surface area (Å²) in [7, 11) is 2.94. The van der Waals surface area contributed by atoms with Gasteiger partial charge in [0.05, 0.1) is 16.3 Å². The van der Waals surface area contributed by atoms with Crippen LogP contribution in [0.25, 0.3) is 0 Å². The molecular weight excluding hydrogens is 366 g/mol. The highest BCUT2D eigenvalue weighted by atomic mass is 32.2. The molecule has 0 heterocycles. The van der Waals surface area contributed by atoms with Crippen LogP contribution in [0.2, 0.25) is 0 Å². The molecule has 2 aromatic carbocycles. The smallest absolute Gasteiger partial charge is 0.262 e. The van der Waals surface area contributed by atoms with E-state index >= 15 is 0 Å². The molecular formula is C19H25N3O4S. The maximum absolute atomic E-state index is 12.4. The number of rotatable bonds is 7. The largest absolute Gasteiger partial charge is 0.484 e. The Hall–Kier alpha value is -2.58. The van der Waals surface area contributed by atoms with Gasteiger partial charge in [-0.15, -0.1) is 0 Å². The van der Waals surface area contributed by atoms with E-state index in [1.807, 2.05) is 33.2 Å². The number of amides is 1. The van der Waals surface area contributed by atoms with Gasteiger partial charge in [0, 0.05) is 28.2 Å². The van der Waals surface area contributed by atoms with Crippen LogP contribution in [0.4, 0.5) is 11.4 Å². The molecule has 0 aliphatic heterocycles. The molecule has 2 aromatic rings. The lowest BCUT2D eigenvalue weighted by Gasteiger charge is -2.20. The van der Waals surface area contributed by atoms with Crippen molar-refractivity contribution in [2.75, 3.05) is 45.0 Å². The SMILES string of the molecule is Cc1ccc(OCC(=O)Nc2cc(S(=O)(=O)N(C)C)ccc2N(C)C)cc1. The summed E-state index contributed by atoms with van der Waals surface area (Å²) in [5.41, 5.74) is 2.19. The predicted octanol–water partition coefficient (Wildman–Crippen LogP) is 2.33. The average molecular weight is 391 g/mol. The summed E-state index contributed by atoms with van der Waals surface area (Å²) in [6, 6.07) is 12.0. The third kappa shape index (κ3) is 5.21. The molecule has 7 nitrogen and oxygen atoms in total. The molecule has 8 heteroatoms. The first-order valence-corrected chi connectivity index (χ1v) is 9.78. The molecule has 0 aliphatic rings. The van der Waals surface area contributed by atoms with E-state index in [1.54, 1.807) is 23.1 Å². The molecule has 0 unspecified atom stereocenters. The third-order valence-electron chi connectivity index (χ3n) is 3.89. The number of nitrogens with one attached hydrogen (secondary N) is 1. The first-order chi connectivity index (χ1) is 12.6. The second-order valence-electron chi connectivity index (χ2n) is 6.51. The molecule has 0 aliphatic carbocycles. The van der Waals surface area contributed by atoms with Gasteiger partial charge in [0.25, 0.3) is 5.91 Å². The minimum atomic E-state index is -3.60. The van der Waals surface area contributed by atoms with E-state index in [0.717, 1.165) is 9.87 Å². The van der Waals surface area contributed by atoms with Crippen molar-refractivity contribution in [1.29, 1.82) is 0 Å². The molecule has 0 spiro atoms. The van der Waals surface area contributed by atoms with Gasteiger partial charge in [-0.05, 0) is 37.3 Å². The number of nitrogens with zero attached hydrogens (tertiary/aromatic N) is 2. The lowest BCUT2D eigenvalue weighted by atomic mass is 10.2. The zero-order chi connectivity index (χ0) is 20.2. The van der Waals surface area contributed by atoms with E-state index in [9.17, 15) is 13.2 Å².